The van der Waals surface area contributed by atoms with Crippen LogP contribution < -0.4 is 5.32 Å². The van der Waals surface area contributed by atoms with Gasteiger partial charge in [-0.25, -0.2) is 0 Å². The highest BCUT2D eigenvalue weighted by Gasteiger charge is 2.06. The summed E-state index contributed by atoms with van der Waals surface area (Å²) in [5.74, 6) is 0.787. The van der Waals surface area contributed by atoms with E-state index < -0.39 is 0 Å². The van der Waals surface area contributed by atoms with Crippen LogP contribution in [0.5, 0.6) is 0 Å². The molecule has 12 heavy (non-hydrogen) atoms. The van der Waals surface area contributed by atoms with Crippen molar-refractivity contribution in [3.05, 3.63) is 0 Å². The molecule has 74 valence electrons. The highest BCUT2D eigenvalue weighted by atomic mass is 35.5. The lowest BCUT2D eigenvalue weighted by Gasteiger charge is -2.20. The van der Waals surface area contributed by atoms with Crippen LogP contribution in [0.4, 0.5) is 0 Å². The van der Waals surface area contributed by atoms with E-state index in [2.05, 4.69) is 26.1 Å². The summed E-state index contributed by atoms with van der Waals surface area (Å²) in [6, 6.07) is 1.31. The molecule has 0 aromatic carbocycles. The maximum absolute atomic E-state index is 5.62. The molecule has 2 heteroatoms. The summed E-state index contributed by atoms with van der Waals surface area (Å²) in [7, 11) is 0. The smallest absolute Gasteiger partial charge is 0.0224 e. The Hall–Kier alpha value is 0.250. The first kappa shape index (κ1) is 12.2. The van der Waals surface area contributed by atoms with Gasteiger partial charge in [0.2, 0.25) is 0 Å². The van der Waals surface area contributed by atoms with Gasteiger partial charge in [0.25, 0.3) is 0 Å². The molecular formula is C10H22ClN. The van der Waals surface area contributed by atoms with Gasteiger partial charge in [-0.1, -0.05) is 13.8 Å². The van der Waals surface area contributed by atoms with Crippen LogP contribution >= 0.6 is 11.6 Å². The minimum absolute atomic E-state index is 0.619. The van der Waals surface area contributed by atoms with Crippen LogP contribution in [-0.4, -0.2) is 18.0 Å². The Bertz CT molecular complexity index is 91.8. The van der Waals surface area contributed by atoms with Crippen LogP contribution in [0.2, 0.25) is 0 Å². The summed E-state index contributed by atoms with van der Waals surface area (Å²) >= 11 is 5.62. The van der Waals surface area contributed by atoms with E-state index in [4.69, 9.17) is 11.6 Å². The summed E-state index contributed by atoms with van der Waals surface area (Å²) < 4.78 is 0. The topological polar surface area (TPSA) is 12.0 Å². The molecule has 0 aliphatic carbocycles. The number of rotatable bonds is 7. The number of halogens is 1. The van der Waals surface area contributed by atoms with E-state index in [0.29, 0.717) is 12.1 Å². The second-order valence-electron chi connectivity index (χ2n) is 3.41. The van der Waals surface area contributed by atoms with E-state index in [0.717, 1.165) is 12.3 Å². The van der Waals surface area contributed by atoms with Crippen molar-refractivity contribution in [3.63, 3.8) is 0 Å². The summed E-state index contributed by atoms with van der Waals surface area (Å²) in [5, 5.41) is 3.59. The molecule has 0 fully saturated rings. The van der Waals surface area contributed by atoms with Crippen molar-refractivity contribution in [2.24, 2.45) is 0 Å². The van der Waals surface area contributed by atoms with Gasteiger partial charge in [-0.15, -0.1) is 11.6 Å². The molecule has 1 atom stereocenters. The first-order chi connectivity index (χ1) is 5.74. The molecule has 0 aliphatic heterocycles. The average Bonchev–Trinajstić information content (AvgIpc) is 2.10. The zero-order valence-electron chi connectivity index (χ0n) is 8.57. The maximum Gasteiger partial charge on any atom is 0.0224 e. The molecule has 0 saturated heterocycles. The normalized spacial score (nSPS) is 13.8. The van der Waals surface area contributed by atoms with Crippen LogP contribution in [0.1, 0.15) is 46.5 Å². The molecule has 1 N–H and O–H groups in total. The average molecular weight is 192 g/mol. The van der Waals surface area contributed by atoms with Crippen LogP contribution in [0, 0.1) is 0 Å². The van der Waals surface area contributed by atoms with Gasteiger partial charge in [-0.2, -0.15) is 0 Å². The summed E-state index contributed by atoms with van der Waals surface area (Å²) in [4.78, 5) is 0. The van der Waals surface area contributed by atoms with Crippen LogP contribution in [-0.2, 0) is 0 Å². The highest BCUT2D eigenvalue weighted by Crippen LogP contribution is 2.03. The molecule has 1 unspecified atom stereocenters. The van der Waals surface area contributed by atoms with Gasteiger partial charge < -0.3 is 5.32 Å². The summed E-state index contributed by atoms with van der Waals surface area (Å²) in [6.45, 7) is 6.70. The first-order valence-electron chi connectivity index (χ1n) is 5.06. The van der Waals surface area contributed by atoms with Crippen molar-refractivity contribution in [2.45, 2.75) is 58.5 Å². The van der Waals surface area contributed by atoms with Gasteiger partial charge in [0.05, 0.1) is 0 Å². The lowest BCUT2D eigenvalue weighted by molar-refractivity contribution is 0.407. The molecule has 0 rings (SSSR count). The van der Waals surface area contributed by atoms with Crippen molar-refractivity contribution in [1.29, 1.82) is 0 Å². The zero-order chi connectivity index (χ0) is 9.40. The Labute approximate surface area is 81.9 Å². The molecule has 0 spiro atoms. The summed E-state index contributed by atoms with van der Waals surface area (Å²) in [5.41, 5.74) is 0. The molecule has 0 saturated carbocycles. The Morgan fingerprint density at radius 3 is 2.25 bits per heavy atom. The Morgan fingerprint density at radius 1 is 1.25 bits per heavy atom. The fourth-order valence-corrected chi connectivity index (χ4v) is 1.55. The number of alkyl halides is 1. The van der Waals surface area contributed by atoms with E-state index >= 15 is 0 Å². The predicted octanol–water partition coefficient (Wildman–Crippen LogP) is 3.17. The Balaban J connectivity index is 3.44. The molecule has 0 heterocycles. The van der Waals surface area contributed by atoms with Crippen molar-refractivity contribution < 1.29 is 0 Å². The minimum Gasteiger partial charge on any atom is -0.312 e. The first-order valence-corrected chi connectivity index (χ1v) is 5.60. The largest absolute Gasteiger partial charge is 0.312 e. The van der Waals surface area contributed by atoms with Gasteiger partial charge in [0, 0.05) is 18.0 Å². The van der Waals surface area contributed by atoms with Crippen molar-refractivity contribution in [1.82, 2.24) is 5.32 Å². The summed E-state index contributed by atoms with van der Waals surface area (Å²) in [6.07, 6.45) is 4.76. The second kappa shape index (κ2) is 7.88. The van der Waals surface area contributed by atoms with Gasteiger partial charge in [-0.3, -0.25) is 0 Å². The molecule has 0 aromatic rings. The van der Waals surface area contributed by atoms with Crippen LogP contribution in [0.25, 0.3) is 0 Å². The molecule has 0 amide bonds. The Morgan fingerprint density at radius 2 is 1.83 bits per heavy atom. The maximum atomic E-state index is 5.62. The van der Waals surface area contributed by atoms with Gasteiger partial charge in [0.1, 0.15) is 0 Å². The van der Waals surface area contributed by atoms with Gasteiger partial charge >= 0.3 is 0 Å². The quantitative estimate of drug-likeness (QED) is 0.610. The molecule has 0 radical (unpaired) electrons. The fourth-order valence-electron chi connectivity index (χ4n) is 1.39. The molecule has 0 aromatic heterocycles. The monoisotopic (exact) mass is 191 g/mol. The molecule has 0 aliphatic rings. The number of hydrogen-bond acceptors (Lipinski definition) is 1. The molecule has 1 nitrogen and oxygen atoms in total. The molecular weight excluding hydrogens is 170 g/mol. The minimum atomic E-state index is 0.619. The molecule has 0 bridgehead atoms. The number of nitrogens with one attached hydrogen (secondary N) is 1. The third-order valence-electron chi connectivity index (χ3n) is 2.28. The van der Waals surface area contributed by atoms with Crippen LogP contribution in [0.3, 0.4) is 0 Å². The van der Waals surface area contributed by atoms with Crippen molar-refractivity contribution >= 4 is 11.6 Å². The highest BCUT2D eigenvalue weighted by molar-refractivity contribution is 6.17. The number of hydrogen-bond donors (Lipinski definition) is 1. The van der Waals surface area contributed by atoms with Gasteiger partial charge in [-0.05, 0) is 32.6 Å². The predicted molar refractivity (Wildman–Crippen MR) is 56.9 cm³/mol. The van der Waals surface area contributed by atoms with E-state index in [9.17, 15) is 0 Å². The van der Waals surface area contributed by atoms with Crippen molar-refractivity contribution in [3.8, 4) is 0 Å². The third kappa shape index (κ3) is 5.84. The lowest BCUT2D eigenvalue weighted by atomic mass is 10.1. The third-order valence-corrected chi connectivity index (χ3v) is 2.54. The second-order valence-corrected chi connectivity index (χ2v) is 3.79. The van der Waals surface area contributed by atoms with Crippen LogP contribution in [0.15, 0.2) is 0 Å². The van der Waals surface area contributed by atoms with E-state index in [1.54, 1.807) is 0 Å². The Kier molecular flexibility index (Phi) is 8.04. The van der Waals surface area contributed by atoms with E-state index in [1.807, 2.05) is 0 Å². The van der Waals surface area contributed by atoms with E-state index in [-0.39, 0.29) is 0 Å². The fraction of sp³-hybridized carbons (Fsp3) is 1.00. The van der Waals surface area contributed by atoms with E-state index in [1.165, 1.54) is 19.3 Å². The van der Waals surface area contributed by atoms with Crippen molar-refractivity contribution in [2.75, 3.05) is 5.88 Å². The lowest BCUT2D eigenvalue weighted by Crippen LogP contribution is -2.35. The van der Waals surface area contributed by atoms with Gasteiger partial charge in [0.15, 0.2) is 0 Å². The SMILES string of the molecule is CCC(CC)NC(C)CCCCl. The standard InChI is InChI=1S/C10H22ClN/c1-4-10(5-2)12-9(3)7-6-8-11/h9-10,12H,4-8H2,1-3H3. The zero-order valence-corrected chi connectivity index (χ0v) is 9.32.